The standard InChI is InChI=1S/C16H19N3O4/c1-12-9-16(21)19(11-18-12)8-7-17-15(20)10-23-14-5-3-13(22-2)4-6-14/h3-6,9,11H,7-8,10H2,1-2H3,(H,17,20). The summed E-state index contributed by atoms with van der Waals surface area (Å²) in [5, 5.41) is 2.69. The number of ether oxygens (including phenoxy) is 2. The maximum atomic E-state index is 11.7. The Bertz CT molecular complexity index is 710. The maximum absolute atomic E-state index is 11.7. The van der Waals surface area contributed by atoms with Crippen molar-refractivity contribution < 1.29 is 14.3 Å². The molecule has 1 aromatic carbocycles. The predicted octanol–water partition coefficient (Wildman–Crippen LogP) is 0.756. The number of nitrogens with one attached hydrogen (secondary N) is 1. The summed E-state index contributed by atoms with van der Waals surface area (Å²) in [4.78, 5) is 27.4. The monoisotopic (exact) mass is 317 g/mol. The smallest absolute Gasteiger partial charge is 0.258 e. The summed E-state index contributed by atoms with van der Waals surface area (Å²) < 4.78 is 11.8. The van der Waals surface area contributed by atoms with Crippen LogP contribution in [0.4, 0.5) is 0 Å². The van der Waals surface area contributed by atoms with E-state index in [1.807, 2.05) is 0 Å². The van der Waals surface area contributed by atoms with Gasteiger partial charge in [-0.1, -0.05) is 0 Å². The summed E-state index contributed by atoms with van der Waals surface area (Å²) in [7, 11) is 1.58. The van der Waals surface area contributed by atoms with Crippen LogP contribution in [0.3, 0.4) is 0 Å². The number of rotatable bonds is 7. The van der Waals surface area contributed by atoms with Gasteiger partial charge in [-0.2, -0.15) is 0 Å². The molecule has 0 spiro atoms. The summed E-state index contributed by atoms with van der Waals surface area (Å²) >= 11 is 0. The minimum atomic E-state index is -0.256. The van der Waals surface area contributed by atoms with Crippen LogP contribution in [0.15, 0.2) is 41.5 Å². The maximum Gasteiger partial charge on any atom is 0.258 e. The van der Waals surface area contributed by atoms with E-state index in [0.29, 0.717) is 24.5 Å². The molecule has 0 aliphatic heterocycles. The topological polar surface area (TPSA) is 82.4 Å². The van der Waals surface area contributed by atoms with Crippen molar-refractivity contribution in [2.45, 2.75) is 13.5 Å². The number of hydrogen-bond acceptors (Lipinski definition) is 5. The van der Waals surface area contributed by atoms with E-state index >= 15 is 0 Å². The highest BCUT2D eigenvalue weighted by atomic mass is 16.5. The molecular formula is C16H19N3O4. The van der Waals surface area contributed by atoms with Gasteiger partial charge in [-0.05, 0) is 31.2 Å². The van der Waals surface area contributed by atoms with Crippen LogP contribution in [0.25, 0.3) is 0 Å². The van der Waals surface area contributed by atoms with E-state index in [1.165, 1.54) is 17.0 Å². The van der Waals surface area contributed by atoms with Gasteiger partial charge in [0.25, 0.3) is 11.5 Å². The SMILES string of the molecule is COc1ccc(OCC(=O)NCCn2cnc(C)cc2=O)cc1. The van der Waals surface area contributed by atoms with Gasteiger partial charge in [0, 0.05) is 24.8 Å². The quantitative estimate of drug-likeness (QED) is 0.815. The number of hydrogen-bond donors (Lipinski definition) is 1. The first kappa shape index (κ1) is 16.5. The lowest BCUT2D eigenvalue weighted by Gasteiger charge is -2.09. The van der Waals surface area contributed by atoms with Crippen molar-refractivity contribution in [3.63, 3.8) is 0 Å². The van der Waals surface area contributed by atoms with Crippen molar-refractivity contribution in [3.05, 3.63) is 52.7 Å². The van der Waals surface area contributed by atoms with Crippen molar-refractivity contribution >= 4 is 5.91 Å². The van der Waals surface area contributed by atoms with E-state index in [1.54, 1.807) is 38.3 Å². The second-order valence-electron chi connectivity index (χ2n) is 4.88. The molecule has 7 heteroatoms. The van der Waals surface area contributed by atoms with Gasteiger partial charge in [-0.25, -0.2) is 4.98 Å². The molecule has 0 bridgehead atoms. The Morgan fingerprint density at radius 2 is 1.96 bits per heavy atom. The zero-order valence-corrected chi connectivity index (χ0v) is 13.1. The number of methoxy groups -OCH3 is 1. The number of carbonyl (C=O) groups is 1. The Morgan fingerprint density at radius 1 is 1.26 bits per heavy atom. The zero-order valence-electron chi connectivity index (χ0n) is 13.1. The zero-order chi connectivity index (χ0) is 16.7. The molecule has 1 amide bonds. The van der Waals surface area contributed by atoms with E-state index < -0.39 is 0 Å². The van der Waals surface area contributed by atoms with Gasteiger partial charge < -0.3 is 14.8 Å². The van der Waals surface area contributed by atoms with E-state index in [4.69, 9.17) is 9.47 Å². The average Bonchev–Trinajstić information content (AvgIpc) is 2.55. The molecule has 0 radical (unpaired) electrons. The number of carbonyl (C=O) groups excluding carboxylic acids is 1. The van der Waals surface area contributed by atoms with Gasteiger partial charge in [0.15, 0.2) is 6.61 Å². The Balaban J connectivity index is 1.73. The van der Waals surface area contributed by atoms with Crippen LogP contribution in [0.1, 0.15) is 5.69 Å². The van der Waals surface area contributed by atoms with Crippen LogP contribution >= 0.6 is 0 Å². The highest BCUT2D eigenvalue weighted by Gasteiger charge is 2.03. The first-order valence-corrected chi connectivity index (χ1v) is 7.15. The second-order valence-corrected chi connectivity index (χ2v) is 4.88. The molecule has 2 rings (SSSR count). The van der Waals surface area contributed by atoms with Gasteiger partial charge >= 0.3 is 0 Å². The number of aromatic nitrogens is 2. The third-order valence-corrected chi connectivity index (χ3v) is 3.12. The van der Waals surface area contributed by atoms with Crippen molar-refractivity contribution in [3.8, 4) is 11.5 Å². The van der Waals surface area contributed by atoms with Crippen LogP contribution < -0.4 is 20.3 Å². The van der Waals surface area contributed by atoms with E-state index in [2.05, 4.69) is 10.3 Å². The van der Waals surface area contributed by atoms with Gasteiger partial charge in [0.1, 0.15) is 11.5 Å². The molecule has 1 aromatic heterocycles. The molecule has 0 aliphatic carbocycles. The third-order valence-electron chi connectivity index (χ3n) is 3.12. The summed E-state index contributed by atoms with van der Waals surface area (Å²) in [6, 6.07) is 8.41. The van der Waals surface area contributed by atoms with Crippen LogP contribution in [0.5, 0.6) is 11.5 Å². The molecule has 1 N–H and O–H groups in total. The molecule has 0 unspecified atom stereocenters. The van der Waals surface area contributed by atoms with Gasteiger partial charge in [0.2, 0.25) is 0 Å². The third kappa shape index (κ3) is 5.14. The lowest BCUT2D eigenvalue weighted by molar-refractivity contribution is -0.123. The normalized spacial score (nSPS) is 10.2. The summed E-state index contributed by atoms with van der Waals surface area (Å²) in [5.41, 5.74) is 0.532. The fourth-order valence-electron chi connectivity index (χ4n) is 1.87. The van der Waals surface area contributed by atoms with Crippen LogP contribution in [0, 0.1) is 6.92 Å². The van der Waals surface area contributed by atoms with Gasteiger partial charge in [-0.3, -0.25) is 14.2 Å². The van der Waals surface area contributed by atoms with Gasteiger partial charge in [0.05, 0.1) is 13.4 Å². The van der Waals surface area contributed by atoms with Crippen molar-refractivity contribution in [1.29, 1.82) is 0 Å². The first-order chi connectivity index (χ1) is 11.1. The van der Waals surface area contributed by atoms with E-state index in [9.17, 15) is 9.59 Å². The largest absolute Gasteiger partial charge is 0.497 e. The number of nitrogens with zero attached hydrogens (tertiary/aromatic N) is 2. The number of benzene rings is 1. The Morgan fingerprint density at radius 3 is 2.61 bits per heavy atom. The molecule has 7 nitrogen and oxygen atoms in total. The number of amides is 1. The minimum absolute atomic E-state index is 0.0899. The number of aryl methyl sites for hydroxylation is 1. The Kier molecular flexibility index (Phi) is 5.74. The molecular weight excluding hydrogens is 298 g/mol. The Labute approximate surface area is 133 Å². The molecule has 0 atom stereocenters. The lowest BCUT2D eigenvalue weighted by Crippen LogP contribution is -2.33. The first-order valence-electron chi connectivity index (χ1n) is 7.15. The predicted molar refractivity (Wildman–Crippen MR) is 84.7 cm³/mol. The van der Waals surface area contributed by atoms with Gasteiger partial charge in [-0.15, -0.1) is 0 Å². The summed E-state index contributed by atoms with van der Waals surface area (Å²) in [6.45, 7) is 2.35. The summed E-state index contributed by atoms with van der Waals surface area (Å²) in [5.74, 6) is 1.05. The lowest BCUT2D eigenvalue weighted by atomic mass is 10.3. The highest BCUT2D eigenvalue weighted by Crippen LogP contribution is 2.16. The minimum Gasteiger partial charge on any atom is -0.497 e. The van der Waals surface area contributed by atoms with Crippen molar-refractivity contribution in [2.75, 3.05) is 20.3 Å². The fourth-order valence-corrected chi connectivity index (χ4v) is 1.87. The molecule has 122 valence electrons. The van der Waals surface area contributed by atoms with E-state index in [0.717, 1.165) is 5.75 Å². The molecule has 0 aliphatic rings. The Hall–Kier alpha value is -2.83. The average molecular weight is 317 g/mol. The highest BCUT2D eigenvalue weighted by molar-refractivity contribution is 5.77. The molecule has 23 heavy (non-hydrogen) atoms. The van der Waals surface area contributed by atoms with Crippen LogP contribution in [-0.2, 0) is 11.3 Å². The molecule has 2 aromatic rings. The van der Waals surface area contributed by atoms with Crippen LogP contribution in [-0.4, -0.2) is 35.7 Å². The molecule has 0 saturated carbocycles. The van der Waals surface area contributed by atoms with Crippen LogP contribution in [0.2, 0.25) is 0 Å². The molecule has 1 heterocycles. The molecule has 0 saturated heterocycles. The fraction of sp³-hybridized carbons (Fsp3) is 0.312. The summed E-state index contributed by atoms with van der Waals surface area (Å²) in [6.07, 6.45) is 1.47. The second kappa shape index (κ2) is 7.98. The van der Waals surface area contributed by atoms with Crippen molar-refractivity contribution in [1.82, 2.24) is 14.9 Å². The molecule has 0 fully saturated rings. The van der Waals surface area contributed by atoms with Crippen molar-refractivity contribution in [2.24, 2.45) is 0 Å². The van der Waals surface area contributed by atoms with E-state index in [-0.39, 0.29) is 18.1 Å².